The fourth-order valence-corrected chi connectivity index (χ4v) is 6.49. The van der Waals surface area contributed by atoms with Crippen molar-refractivity contribution in [3.63, 3.8) is 0 Å². The van der Waals surface area contributed by atoms with E-state index in [-0.39, 0.29) is 12.1 Å². The molecule has 32 heavy (non-hydrogen) atoms. The standard InChI is InChI=1S/C25H27ClN4OS/c1-5-18-14-32-25-28-23(20-8-6-7-11-27-20)24(30(18)25)19-12-15(2)29(16(19)3)21-13-17(26)9-10-22(21)31-4/h6-13,18,23-24H,5,14H2,1-4H3/t18-,23+,24+/m1/s1. The molecule has 2 aliphatic heterocycles. The smallest absolute Gasteiger partial charge is 0.160 e. The fraction of sp³-hybridized carbons (Fsp3) is 0.360. The molecular weight excluding hydrogens is 440 g/mol. The molecule has 1 fully saturated rings. The van der Waals surface area contributed by atoms with E-state index in [9.17, 15) is 0 Å². The number of fused-ring (bicyclic) bond motifs is 1. The number of aryl methyl sites for hydroxylation is 1. The summed E-state index contributed by atoms with van der Waals surface area (Å²) in [4.78, 5) is 12.4. The Kier molecular flexibility index (Phi) is 5.68. The molecule has 2 aromatic heterocycles. The molecule has 4 heterocycles. The van der Waals surface area contributed by atoms with Crippen LogP contribution in [0.2, 0.25) is 5.02 Å². The quantitative estimate of drug-likeness (QED) is 0.453. The SMILES string of the molecule is CC[C@@H]1CSC2=N[C@@H](c3ccccn3)[C@H](c3cc(C)n(-c4cc(Cl)ccc4OC)c3C)N21. The van der Waals surface area contributed by atoms with Crippen LogP contribution in [0.15, 0.2) is 53.7 Å². The van der Waals surface area contributed by atoms with Gasteiger partial charge < -0.3 is 14.2 Å². The minimum Gasteiger partial charge on any atom is -0.495 e. The predicted molar refractivity (Wildman–Crippen MR) is 132 cm³/mol. The topological polar surface area (TPSA) is 42.6 Å². The van der Waals surface area contributed by atoms with Gasteiger partial charge in [-0.15, -0.1) is 0 Å². The van der Waals surface area contributed by atoms with Gasteiger partial charge in [0.05, 0.1) is 24.5 Å². The monoisotopic (exact) mass is 466 g/mol. The van der Waals surface area contributed by atoms with Crippen molar-refractivity contribution in [3.05, 3.63) is 76.3 Å². The maximum atomic E-state index is 6.37. The molecule has 0 amide bonds. The molecule has 3 aromatic rings. The number of hydrogen-bond donors (Lipinski definition) is 0. The minimum atomic E-state index is -0.0248. The van der Waals surface area contributed by atoms with Crippen LogP contribution >= 0.6 is 23.4 Å². The Balaban J connectivity index is 1.66. The Morgan fingerprint density at radius 1 is 1.19 bits per heavy atom. The summed E-state index contributed by atoms with van der Waals surface area (Å²) in [6.07, 6.45) is 2.96. The number of aliphatic imine (C=N–C) groups is 1. The van der Waals surface area contributed by atoms with Crippen molar-refractivity contribution in [2.45, 2.75) is 45.3 Å². The molecule has 0 aliphatic carbocycles. The molecule has 0 unspecified atom stereocenters. The van der Waals surface area contributed by atoms with Gasteiger partial charge >= 0.3 is 0 Å². The van der Waals surface area contributed by atoms with Gasteiger partial charge in [0, 0.05) is 34.4 Å². The van der Waals surface area contributed by atoms with Crippen molar-refractivity contribution >= 4 is 28.5 Å². The molecule has 0 spiro atoms. The van der Waals surface area contributed by atoms with Crippen molar-refractivity contribution in [1.29, 1.82) is 0 Å². The highest BCUT2D eigenvalue weighted by molar-refractivity contribution is 8.14. The molecule has 5 rings (SSSR count). The molecule has 166 valence electrons. The first-order chi connectivity index (χ1) is 15.5. The van der Waals surface area contributed by atoms with Gasteiger partial charge in [-0.3, -0.25) is 9.98 Å². The summed E-state index contributed by atoms with van der Waals surface area (Å²) in [7, 11) is 1.70. The number of rotatable bonds is 5. The van der Waals surface area contributed by atoms with Crippen LogP contribution in [0.4, 0.5) is 0 Å². The lowest BCUT2D eigenvalue weighted by molar-refractivity contribution is 0.254. The Bertz CT molecular complexity index is 1180. The molecule has 1 saturated heterocycles. The molecule has 5 nitrogen and oxygen atoms in total. The van der Waals surface area contributed by atoms with Crippen molar-refractivity contribution in [2.75, 3.05) is 12.9 Å². The van der Waals surface area contributed by atoms with E-state index < -0.39 is 0 Å². The summed E-state index contributed by atoms with van der Waals surface area (Å²) in [5, 5.41) is 1.83. The van der Waals surface area contributed by atoms with Crippen LogP contribution < -0.4 is 4.74 Å². The lowest BCUT2D eigenvalue weighted by Crippen LogP contribution is -2.35. The van der Waals surface area contributed by atoms with Gasteiger partial charge in [-0.25, -0.2) is 0 Å². The number of methoxy groups -OCH3 is 1. The van der Waals surface area contributed by atoms with Gasteiger partial charge in [0.25, 0.3) is 0 Å². The number of benzene rings is 1. The van der Waals surface area contributed by atoms with Crippen molar-refractivity contribution in [1.82, 2.24) is 14.5 Å². The minimum absolute atomic E-state index is 0.0248. The van der Waals surface area contributed by atoms with E-state index in [0.717, 1.165) is 40.2 Å². The van der Waals surface area contributed by atoms with Crippen molar-refractivity contribution in [2.24, 2.45) is 4.99 Å². The Morgan fingerprint density at radius 2 is 2.03 bits per heavy atom. The van der Waals surface area contributed by atoms with Crippen LogP contribution in [0.25, 0.3) is 5.69 Å². The largest absolute Gasteiger partial charge is 0.495 e. The number of ether oxygens (including phenoxy) is 1. The zero-order chi connectivity index (χ0) is 22.4. The molecule has 2 aliphatic rings. The Labute approximate surface area is 198 Å². The molecule has 0 bridgehead atoms. The number of aromatic nitrogens is 2. The first-order valence-corrected chi connectivity index (χ1v) is 12.3. The highest BCUT2D eigenvalue weighted by Crippen LogP contribution is 2.50. The molecule has 0 N–H and O–H groups in total. The summed E-state index contributed by atoms with van der Waals surface area (Å²) >= 11 is 8.24. The summed E-state index contributed by atoms with van der Waals surface area (Å²) in [6, 6.07) is 14.7. The summed E-state index contributed by atoms with van der Waals surface area (Å²) in [5.41, 5.74) is 5.57. The maximum absolute atomic E-state index is 6.37. The maximum Gasteiger partial charge on any atom is 0.160 e. The number of thioether (sulfide) groups is 1. The van der Waals surface area contributed by atoms with Crippen molar-refractivity contribution < 1.29 is 4.74 Å². The van der Waals surface area contributed by atoms with Crippen LogP contribution in [0, 0.1) is 13.8 Å². The summed E-state index contributed by atoms with van der Waals surface area (Å²) < 4.78 is 7.92. The molecule has 3 atom stereocenters. The van der Waals surface area contributed by atoms with Crippen LogP contribution in [-0.2, 0) is 0 Å². The fourth-order valence-electron chi connectivity index (χ4n) is 4.98. The number of halogens is 1. The molecule has 1 aromatic carbocycles. The average molecular weight is 467 g/mol. The van der Waals surface area contributed by atoms with Gasteiger partial charge in [-0.1, -0.05) is 36.4 Å². The normalized spacial score (nSPS) is 22.2. The van der Waals surface area contributed by atoms with E-state index in [1.54, 1.807) is 7.11 Å². The third-order valence-electron chi connectivity index (χ3n) is 6.50. The number of hydrogen-bond acceptors (Lipinski definition) is 5. The molecular formula is C25H27ClN4OS. The van der Waals surface area contributed by atoms with Crippen LogP contribution in [0.1, 0.15) is 48.1 Å². The van der Waals surface area contributed by atoms with E-state index in [1.807, 2.05) is 48.3 Å². The average Bonchev–Trinajstić information content (AvgIpc) is 3.45. The number of amidine groups is 1. The van der Waals surface area contributed by atoms with Gasteiger partial charge in [-0.05, 0) is 62.2 Å². The first-order valence-electron chi connectivity index (χ1n) is 11.0. The van der Waals surface area contributed by atoms with Crippen LogP contribution in [0.5, 0.6) is 5.75 Å². The second-order valence-corrected chi connectivity index (χ2v) is 9.74. The van der Waals surface area contributed by atoms with E-state index in [0.29, 0.717) is 11.1 Å². The molecule has 0 saturated carbocycles. The second-order valence-electron chi connectivity index (χ2n) is 8.31. The van der Waals surface area contributed by atoms with Gasteiger partial charge in [0.2, 0.25) is 0 Å². The van der Waals surface area contributed by atoms with E-state index in [2.05, 4.69) is 47.4 Å². The van der Waals surface area contributed by atoms with Crippen molar-refractivity contribution in [3.8, 4) is 11.4 Å². The second kappa shape index (κ2) is 8.49. The third-order valence-corrected chi connectivity index (χ3v) is 7.86. The third kappa shape index (κ3) is 3.41. The van der Waals surface area contributed by atoms with Crippen LogP contribution in [-0.4, -0.2) is 38.5 Å². The van der Waals surface area contributed by atoms with E-state index in [1.165, 1.54) is 11.3 Å². The highest BCUT2D eigenvalue weighted by Gasteiger charge is 2.46. The molecule has 0 radical (unpaired) electrons. The lowest BCUT2D eigenvalue weighted by Gasteiger charge is -2.32. The van der Waals surface area contributed by atoms with E-state index in [4.69, 9.17) is 21.3 Å². The Hall–Kier alpha value is -2.44. The van der Waals surface area contributed by atoms with Gasteiger partial charge in [0.1, 0.15) is 11.8 Å². The number of pyridine rings is 1. The van der Waals surface area contributed by atoms with Gasteiger partial charge in [0.15, 0.2) is 5.17 Å². The highest BCUT2D eigenvalue weighted by atomic mass is 35.5. The zero-order valence-electron chi connectivity index (χ0n) is 18.7. The lowest BCUT2D eigenvalue weighted by atomic mass is 9.95. The summed E-state index contributed by atoms with van der Waals surface area (Å²) in [5.74, 6) is 1.89. The first kappa shape index (κ1) is 21.4. The van der Waals surface area contributed by atoms with Crippen LogP contribution in [0.3, 0.4) is 0 Å². The predicted octanol–water partition coefficient (Wildman–Crippen LogP) is 6.13. The molecule has 7 heteroatoms. The number of nitrogens with zero attached hydrogens (tertiary/aromatic N) is 4. The van der Waals surface area contributed by atoms with E-state index >= 15 is 0 Å². The van der Waals surface area contributed by atoms with Gasteiger partial charge in [-0.2, -0.15) is 0 Å². The zero-order valence-corrected chi connectivity index (χ0v) is 20.3. The Morgan fingerprint density at radius 3 is 2.75 bits per heavy atom. The summed E-state index contributed by atoms with van der Waals surface area (Å²) in [6.45, 7) is 6.58.